The van der Waals surface area contributed by atoms with Gasteiger partial charge >= 0.3 is 0 Å². The summed E-state index contributed by atoms with van der Waals surface area (Å²) in [6, 6.07) is 5.53. The largest absolute Gasteiger partial charge is 0.479 e. The molecule has 1 fully saturated rings. The molecule has 2 aromatic heterocycles. The Morgan fingerprint density at radius 1 is 1.43 bits per heavy atom. The number of morpholine rings is 1. The summed E-state index contributed by atoms with van der Waals surface area (Å²) in [5.41, 5.74) is 1.04. The zero-order chi connectivity index (χ0) is 16.1. The van der Waals surface area contributed by atoms with E-state index >= 15 is 0 Å². The minimum absolute atomic E-state index is 0.0859. The van der Waals surface area contributed by atoms with Crippen molar-refractivity contribution in [1.82, 2.24) is 15.0 Å². The van der Waals surface area contributed by atoms with Crippen LogP contribution in [-0.2, 0) is 16.0 Å². The molecule has 0 aromatic carbocycles. The van der Waals surface area contributed by atoms with Crippen LogP contribution in [0.1, 0.15) is 23.8 Å². The Bertz CT molecular complexity index is 644. The summed E-state index contributed by atoms with van der Waals surface area (Å²) < 4.78 is 15.8. The maximum Gasteiger partial charge on any atom is 0.254 e. The topological polar surface area (TPSA) is 77.7 Å². The fraction of sp³-hybridized carbons (Fsp3) is 0.438. The van der Waals surface area contributed by atoms with Crippen LogP contribution >= 0.6 is 0 Å². The van der Waals surface area contributed by atoms with E-state index in [1.54, 1.807) is 18.5 Å². The van der Waals surface area contributed by atoms with E-state index in [9.17, 15) is 4.79 Å². The van der Waals surface area contributed by atoms with Gasteiger partial charge in [-0.1, -0.05) is 0 Å². The third-order valence-corrected chi connectivity index (χ3v) is 3.83. The lowest BCUT2D eigenvalue weighted by Gasteiger charge is -2.33. The lowest BCUT2D eigenvalue weighted by atomic mass is 10.1. The van der Waals surface area contributed by atoms with E-state index in [1.165, 1.54) is 7.11 Å². The second kappa shape index (κ2) is 7.23. The average molecular weight is 317 g/mol. The van der Waals surface area contributed by atoms with Gasteiger partial charge in [-0.05, 0) is 22.9 Å². The molecule has 7 heteroatoms. The summed E-state index contributed by atoms with van der Waals surface area (Å²) >= 11 is 0. The number of pyridine rings is 1. The monoisotopic (exact) mass is 317 g/mol. The van der Waals surface area contributed by atoms with E-state index in [2.05, 4.69) is 10.1 Å². The SMILES string of the molecule is COc1cc(CCC(=O)N2CCOC(c3ccncc3)C2)on1. The predicted octanol–water partition coefficient (Wildman–Crippen LogP) is 1.61. The molecule has 1 saturated heterocycles. The molecule has 122 valence electrons. The summed E-state index contributed by atoms with van der Waals surface area (Å²) in [7, 11) is 1.53. The van der Waals surface area contributed by atoms with Gasteiger partial charge in [-0.3, -0.25) is 9.78 Å². The first-order chi connectivity index (χ1) is 11.3. The predicted molar refractivity (Wildman–Crippen MR) is 80.9 cm³/mol. The van der Waals surface area contributed by atoms with Crippen molar-refractivity contribution in [1.29, 1.82) is 0 Å². The van der Waals surface area contributed by atoms with E-state index in [0.29, 0.717) is 44.2 Å². The zero-order valence-electron chi connectivity index (χ0n) is 13.0. The average Bonchev–Trinajstić information content (AvgIpc) is 3.09. The van der Waals surface area contributed by atoms with Gasteiger partial charge < -0.3 is 18.9 Å². The lowest BCUT2D eigenvalue weighted by molar-refractivity contribution is -0.139. The van der Waals surface area contributed by atoms with Gasteiger partial charge in [0.1, 0.15) is 11.9 Å². The third-order valence-electron chi connectivity index (χ3n) is 3.83. The van der Waals surface area contributed by atoms with Crippen molar-refractivity contribution in [2.45, 2.75) is 18.9 Å². The van der Waals surface area contributed by atoms with Crippen molar-refractivity contribution in [2.75, 3.05) is 26.8 Å². The maximum absolute atomic E-state index is 12.4. The number of amides is 1. The van der Waals surface area contributed by atoms with E-state index in [4.69, 9.17) is 14.0 Å². The Balaban J connectivity index is 1.54. The van der Waals surface area contributed by atoms with Gasteiger partial charge in [0.05, 0.1) is 20.3 Å². The first kappa shape index (κ1) is 15.5. The summed E-state index contributed by atoms with van der Waals surface area (Å²) in [5.74, 6) is 1.16. The highest BCUT2D eigenvalue weighted by Crippen LogP contribution is 2.22. The molecule has 2 aromatic rings. The maximum atomic E-state index is 12.4. The van der Waals surface area contributed by atoms with Crippen LogP contribution in [-0.4, -0.2) is 47.8 Å². The molecule has 1 atom stereocenters. The Morgan fingerprint density at radius 2 is 2.26 bits per heavy atom. The van der Waals surface area contributed by atoms with Crippen molar-refractivity contribution in [3.05, 3.63) is 41.9 Å². The molecule has 3 rings (SSSR count). The molecule has 1 amide bonds. The molecule has 1 aliphatic heterocycles. The number of nitrogens with zero attached hydrogens (tertiary/aromatic N) is 3. The molecule has 0 spiro atoms. The molecule has 0 N–H and O–H groups in total. The Labute approximate surface area is 134 Å². The quantitative estimate of drug-likeness (QED) is 0.834. The van der Waals surface area contributed by atoms with E-state index in [1.807, 2.05) is 17.0 Å². The number of hydrogen-bond acceptors (Lipinski definition) is 6. The molecule has 1 unspecified atom stereocenters. The third kappa shape index (κ3) is 3.87. The first-order valence-corrected chi connectivity index (χ1v) is 7.55. The molecule has 7 nitrogen and oxygen atoms in total. The molecule has 0 saturated carbocycles. The van der Waals surface area contributed by atoms with Crippen molar-refractivity contribution >= 4 is 5.91 Å². The van der Waals surface area contributed by atoms with Gasteiger partial charge in [0.2, 0.25) is 5.91 Å². The van der Waals surface area contributed by atoms with Crippen LogP contribution in [0.2, 0.25) is 0 Å². The Hall–Kier alpha value is -2.41. The van der Waals surface area contributed by atoms with Crippen LogP contribution in [0.4, 0.5) is 0 Å². The van der Waals surface area contributed by atoms with Crippen LogP contribution in [0.25, 0.3) is 0 Å². The zero-order valence-corrected chi connectivity index (χ0v) is 13.0. The van der Waals surface area contributed by atoms with Gasteiger partial charge in [-0.15, -0.1) is 0 Å². The molecule has 0 radical (unpaired) electrons. The molecular weight excluding hydrogens is 298 g/mol. The number of carbonyl (C=O) groups excluding carboxylic acids is 1. The minimum Gasteiger partial charge on any atom is -0.479 e. The Kier molecular flexibility index (Phi) is 4.87. The molecule has 3 heterocycles. The van der Waals surface area contributed by atoms with E-state index in [-0.39, 0.29) is 12.0 Å². The number of aromatic nitrogens is 2. The summed E-state index contributed by atoms with van der Waals surface area (Å²) in [5, 5.41) is 3.73. The van der Waals surface area contributed by atoms with Crippen LogP contribution < -0.4 is 4.74 Å². The van der Waals surface area contributed by atoms with Crippen LogP contribution in [0.3, 0.4) is 0 Å². The van der Waals surface area contributed by atoms with Gasteiger partial charge in [-0.2, -0.15) is 0 Å². The standard InChI is InChI=1S/C16H19N3O4/c1-21-15-10-13(23-18-15)2-3-16(20)19-8-9-22-14(11-19)12-4-6-17-7-5-12/h4-7,10,14H,2-3,8-9,11H2,1H3. The van der Waals surface area contributed by atoms with Crippen LogP contribution in [0, 0.1) is 0 Å². The van der Waals surface area contributed by atoms with Gasteiger partial charge in [0.25, 0.3) is 5.88 Å². The highest BCUT2D eigenvalue weighted by atomic mass is 16.5. The number of rotatable bonds is 5. The summed E-state index contributed by atoms with van der Waals surface area (Å²) in [6.07, 6.45) is 4.25. The normalized spacial score (nSPS) is 18.0. The van der Waals surface area contributed by atoms with Gasteiger partial charge in [0, 0.05) is 37.8 Å². The fourth-order valence-corrected chi connectivity index (χ4v) is 2.55. The molecule has 0 aliphatic carbocycles. The van der Waals surface area contributed by atoms with Gasteiger partial charge in [-0.25, -0.2) is 0 Å². The smallest absolute Gasteiger partial charge is 0.254 e. The molecular formula is C16H19N3O4. The molecule has 23 heavy (non-hydrogen) atoms. The summed E-state index contributed by atoms with van der Waals surface area (Å²) in [4.78, 5) is 18.2. The first-order valence-electron chi connectivity index (χ1n) is 7.55. The fourth-order valence-electron chi connectivity index (χ4n) is 2.55. The molecule has 1 aliphatic rings. The minimum atomic E-state index is -0.0962. The molecule has 0 bridgehead atoms. The summed E-state index contributed by atoms with van der Waals surface area (Å²) in [6.45, 7) is 1.71. The number of aryl methyl sites for hydroxylation is 1. The van der Waals surface area contributed by atoms with Crippen LogP contribution in [0.5, 0.6) is 5.88 Å². The van der Waals surface area contributed by atoms with Crippen molar-refractivity contribution < 1.29 is 18.8 Å². The second-order valence-corrected chi connectivity index (χ2v) is 5.32. The highest BCUT2D eigenvalue weighted by molar-refractivity contribution is 5.76. The van der Waals surface area contributed by atoms with Crippen molar-refractivity contribution in [3.63, 3.8) is 0 Å². The number of methoxy groups -OCH3 is 1. The lowest BCUT2D eigenvalue weighted by Crippen LogP contribution is -2.42. The van der Waals surface area contributed by atoms with Crippen molar-refractivity contribution in [3.8, 4) is 5.88 Å². The van der Waals surface area contributed by atoms with Gasteiger partial charge in [0.15, 0.2) is 0 Å². The number of ether oxygens (including phenoxy) is 2. The number of carbonyl (C=O) groups is 1. The Morgan fingerprint density at radius 3 is 3.00 bits per heavy atom. The number of hydrogen-bond donors (Lipinski definition) is 0. The van der Waals surface area contributed by atoms with Crippen LogP contribution in [0.15, 0.2) is 35.1 Å². The van der Waals surface area contributed by atoms with Crippen molar-refractivity contribution in [2.24, 2.45) is 0 Å². The second-order valence-electron chi connectivity index (χ2n) is 5.32. The van der Waals surface area contributed by atoms with E-state index < -0.39 is 0 Å². The van der Waals surface area contributed by atoms with E-state index in [0.717, 1.165) is 5.56 Å². The highest BCUT2D eigenvalue weighted by Gasteiger charge is 2.25.